The minimum absolute atomic E-state index is 0.196. The van der Waals surface area contributed by atoms with Gasteiger partial charge in [0, 0.05) is 24.3 Å². The Balaban J connectivity index is 1.64. The van der Waals surface area contributed by atoms with Crippen molar-refractivity contribution >= 4 is 17.5 Å². The zero-order valence-corrected chi connectivity index (χ0v) is 14.0. The summed E-state index contributed by atoms with van der Waals surface area (Å²) in [5, 5.41) is 0. The number of ether oxygens (including phenoxy) is 1. The molecule has 0 radical (unpaired) electrons. The maximum absolute atomic E-state index is 12.5. The highest BCUT2D eigenvalue weighted by Crippen LogP contribution is 2.29. The molecule has 0 N–H and O–H groups in total. The number of ketones is 1. The molecule has 0 saturated carbocycles. The number of allylic oxidation sites excluding steroid dienone is 1. The molecule has 136 valence electrons. The van der Waals surface area contributed by atoms with Gasteiger partial charge in [-0.2, -0.15) is 13.2 Å². The van der Waals surface area contributed by atoms with Crippen molar-refractivity contribution in [1.29, 1.82) is 0 Å². The van der Waals surface area contributed by atoms with Crippen LogP contribution in [0.1, 0.15) is 21.5 Å². The Morgan fingerprint density at radius 3 is 2.15 bits per heavy atom. The number of benzene rings is 2. The van der Waals surface area contributed by atoms with Gasteiger partial charge in [0.05, 0.1) is 18.8 Å². The number of hydrogen-bond acceptors (Lipinski definition) is 3. The molecular formula is C20H18F3NO2. The lowest BCUT2D eigenvalue weighted by Gasteiger charge is -2.28. The number of rotatable bonds is 4. The van der Waals surface area contributed by atoms with Crippen LogP contribution in [0.15, 0.2) is 54.6 Å². The van der Waals surface area contributed by atoms with Gasteiger partial charge in [-0.25, -0.2) is 0 Å². The molecular weight excluding hydrogens is 343 g/mol. The number of morpholine rings is 1. The van der Waals surface area contributed by atoms with E-state index < -0.39 is 11.7 Å². The second-order valence-corrected chi connectivity index (χ2v) is 5.96. The summed E-state index contributed by atoms with van der Waals surface area (Å²) in [5.41, 5.74) is 1.40. The summed E-state index contributed by atoms with van der Waals surface area (Å²) in [6.45, 7) is 3.02. The Bertz CT molecular complexity index is 774. The molecule has 1 heterocycles. The Morgan fingerprint density at radius 2 is 1.58 bits per heavy atom. The van der Waals surface area contributed by atoms with Gasteiger partial charge in [-0.05, 0) is 48.0 Å². The van der Waals surface area contributed by atoms with Crippen molar-refractivity contribution < 1.29 is 22.7 Å². The zero-order chi connectivity index (χ0) is 18.6. The number of anilines is 1. The van der Waals surface area contributed by atoms with E-state index in [9.17, 15) is 18.0 Å². The van der Waals surface area contributed by atoms with Gasteiger partial charge in [0.2, 0.25) is 0 Å². The molecule has 3 rings (SSSR count). The molecule has 1 saturated heterocycles. The number of carbonyl (C=O) groups excluding carboxylic acids is 1. The molecule has 3 nitrogen and oxygen atoms in total. The van der Waals surface area contributed by atoms with E-state index in [0.29, 0.717) is 24.3 Å². The monoisotopic (exact) mass is 361 g/mol. The Hall–Kier alpha value is -2.60. The molecule has 0 spiro atoms. The molecule has 26 heavy (non-hydrogen) atoms. The minimum Gasteiger partial charge on any atom is -0.378 e. The van der Waals surface area contributed by atoms with E-state index in [1.165, 1.54) is 24.3 Å². The van der Waals surface area contributed by atoms with Crippen molar-refractivity contribution in [1.82, 2.24) is 0 Å². The molecule has 0 atom stereocenters. The first kappa shape index (κ1) is 18.2. The van der Waals surface area contributed by atoms with E-state index >= 15 is 0 Å². The molecule has 0 unspecified atom stereocenters. The van der Waals surface area contributed by atoms with Gasteiger partial charge in [0.25, 0.3) is 0 Å². The predicted molar refractivity (Wildman–Crippen MR) is 94.3 cm³/mol. The lowest BCUT2D eigenvalue weighted by atomic mass is 10.1. The van der Waals surface area contributed by atoms with E-state index in [-0.39, 0.29) is 5.78 Å². The van der Waals surface area contributed by atoms with Crippen molar-refractivity contribution in [2.75, 3.05) is 31.2 Å². The van der Waals surface area contributed by atoms with Gasteiger partial charge in [0.1, 0.15) is 0 Å². The summed E-state index contributed by atoms with van der Waals surface area (Å²) in [4.78, 5) is 14.4. The smallest absolute Gasteiger partial charge is 0.378 e. The summed E-state index contributed by atoms with van der Waals surface area (Å²) in [7, 11) is 0. The summed E-state index contributed by atoms with van der Waals surface area (Å²) in [5.74, 6) is -0.196. The first-order valence-electron chi connectivity index (χ1n) is 8.26. The third-order valence-corrected chi connectivity index (χ3v) is 4.19. The maximum atomic E-state index is 12.5. The van der Waals surface area contributed by atoms with Crippen LogP contribution in [-0.4, -0.2) is 32.1 Å². The average Bonchev–Trinajstić information content (AvgIpc) is 2.66. The molecule has 0 aromatic heterocycles. The van der Waals surface area contributed by atoms with E-state index in [4.69, 9.17) is 4.74 Å². The second kappa shape index (κ2) is 7.74. The fourth-order valence-electron chi connectivity index (χ4n) is 2.71. The zero-order valence-electron chi connectivity index (χ0n) is 14.0. The van der Waals surface area contributed by atoms with Crippen molar-refractivity contribution in [3.05, 3.63) is 71.3 Å². The van der Waals surface area contributed by atoms with Crippen molar-refractivity contribution in [2.24, 2.45) is 0 Å². The van der Waals surface area contributed by atoms with Crippen LogP contribution in [0.25, 0.3) is 6.08 Å². The Morgan fingerprint density at radius 1 is 0.962 bits per heavy atom. The van der Waals surface area contributed by atoms with Crippen LogP contribution in [0, 0.1) is 0 Å². The van der Waals surface area contributed by atoms with Gasteiger partial charge >= 0.3 is 6.18 Å². The Labute approximate surface area is 149 Å². The molecule has 1 fully saturated rings. The molecule has 1 aliphatic rings. The molecule has 0 amide bonds. The fourth-order valence-corrected chi connectivity index (χ4v) is 2.71. The molecule has 0 aliphatic carbocycles. The van der Waals surface area contributed by atoms with Gasteiger partial charge < -0.3 is 9.64 Å². The normalized spacial score (nSPS) is 15.4. The van der Waals surface area contributed by atoms with E-state index in [1.54, 1.807) is 12.1 Å². The molecule has 2 aromatic carbocycles. The number of nitrogens with zero attached hydrogens (tertiary/aromatic N) is 1. The second-order valence-electron chi connectivity index (χ2n) is 5.96. The third kappa shape index (κ3) is 4.52. The minimum atomic E-state index is -4.36. The standard InChI is InChI=1S/C20H18F3NO2/c21-20(22,23)17-6-1-15(2-7-17)3-10-19(25)16-4-8-18(9-5-16)24-11-13-26-14-12-24/h1-10H,11-14H2/b10-3+. The highest BCUT2D eigenvalue weighted by atomic mass is 19.4. The van der Waals surface area contributed by atoms with Gasteiger partial charge in [-0.1, -0.05) is 18.2 Å². The highest BCUT2D eigenvalue weighted by Gasteiger charge is 2.29. The quantitative estimate of drug-likeness (QED) is 0.596. The van der Waals surface area contributed by atoms with Crippen molar-refractivity contribution in [2.45, 2.75) is 6.18 Å². The van der Waals surface area contributed by atoms with E-state index in [1.807, 2.05) is 12.1 Å². The van der Waals surface area contributed by atoms with Gasteiger partial charge in [-0.15, -0.1) is 0 Å². The van der Waals surface area contributed by atoms with E-state index in [0.717, 1.165) is 30.9 Å². The van der Waals surface area contributed by atoms with Crippen LogP contribution in [0.3, 0.4) is 0 Å². The summed E-state index contributed by atoms with van der Waals surface area (Å²) in [6, 6.07) is 12.0. The maximum Gasteiger partial charge on any atom is 0.416 e. The number of alkyl halides is 3. The highest BCUT2D eigenvalue weighted by molar-refractivity contribution is 6.06. The van der Waals surface area contributed by atoms with Crippen LogP contribution in [0.4, 0.5) is 18.9 Å². The summed E-state index contributed by atoms with van der Waals surface area (Å²) >= 11 is 0. The fraction of sp³-hybridized carbons (Fsp3) is 0.250. The number of carbonyl (C=O) groups is 1. The lowest BCUT2D eigenvalue weighted by molar-refractivity contribution is -0.137. The SMILES string of the molecule is O=C(/C=C/c1ccc(C(F)(F)F)cc1)c1ccc(N2CCOCC2)cc1. The first-order valence-corrected chi connectivity index (χ1v) is 8.26. The van der Waals surface area contributed by atoms with Gasteiger partial charge in [-0.3, -0.25) is 4.79 Å². The van der Waals surface area contributed by atoms with Crippen LogP contribution < -0.4 is 4.90 Å². The van der Waals surface area contributed by atoms with Crippen LogP contribution in [0.5, 0.6) is 0 Å². The molecule has 6 heteroatoms. The third-order valence-electron chi connectivity index (χ3n) is 4.19. The molecule has 2 aromatic rings. The first-order chi connectivity index (χ1) is 12.4. The Kier molecular flexibility index (Phi) is 5.42. The average molecular weight is 361 g/mol. The van der Waals surface area contributed by atoms with Crippen LogP contribution in [0.2, 0.25) is 0 Å². The summed E-state index contributed by atoms with van der Waals surface area (Å²) in [6.07, 6.45) is -1.48. The predicted octanol–water partition coefficient (Wildman–Crippen LogP) is 4.44. The summed E-state index contributed by atoms with van der Waals surface area (Å²) < 4.78 is 42.9. The number of hydrogen-bond donors (Lipinski definition) is 0. The molecule has 0 bridgehead atoms. The van der Waals surface area contributed by atoms with Crippen LogP contribution in [-0.2, 0) is 10.9 Å². The largest absolute Gasteiger partial charge is 0.416 e. The number of halogens is 3. The van der Waals surface area contributed by atoms with E-state index in [2.05, 4.69) is 4.90 Å². The van der Waals surface area contributed by atoms with Crippen molar-refractivity contribution in [3.63, 3.8) is 0 Å². The van der Waals surface area contributed by atoms with Crippen LogP contribution >= 0.6 is 0 Å². The lowest BCUT2D eigenvalue weighted by Crippen LogP contribution is -2.36. The van der Waals surface area contributed by atoms with Crippen molar-refractivity contribution in [3.8, 4) is 0 Å². The topological polar surface area (TPSA) is 29.5 Å². The molecule has 1 aliphatic heterocycles. The van der Waals surface area contributed by atoms with Gasteiger partial charge in [0.15, 0.2) is 5.78 Å².